The Morgan fingerprint density at radius 1 is 1.41 bits per heavy atom. The lowest BCUT2D eigenvalue weighted by Gasteiger charge is -2.16. The number of aromatic nitrogens is 2. The highest BCUT2D eigenvalue weighted by atomic mass is 16.5. The number of benzene rings is 1. The summed E-state index contributed by atoms with van der Waals surface area (Å²) in [5.41, 5.74) is 4.06. The fourth-order valence-corrected chi connectivity index (χ4v) is 3.22. The first-order valence-corrected chi connectivity index (χ1v) is 8.57. The minimum Gasteiger partial charge on any atom is -0.496 e. The van der Waals surface area contributed by atoms with Crippen LogP contribution in [0.4, 0.5) is 4.79 Å². The molecule has 4 rings (SSSR count). The average Bonchev–Trinajstić information content (AvgIpc) is 3.33. The Hall–Kier alpha value is -3.55. The minimum absolute atomic E-state index is 0.0108. The van der Waals surface area contributed by atoms with Gasteiger partial charge in [-0.1, -0.05) is 6.08 Å². The number of rotatable bonds is 5. The van der Waals surface area contributed by atoms with Gasteiger partial charge in [0.05, 0.1) is 19.3 Å². The van der Waals surface area contributed by atoms with Gasteiger partial charge in [-0.3, -0.25) is 9.89 Å². The summed E-state index contributed by atoms with van der Waals surface area (Å²) in [6.07, 6.45) is 8.09. The molecule has 0 saturated carbocycles. The summed E-state index contributed by atoms with van der Waals surface area (Å²) in [5, 5.41) is 15.2. The van der Waals surface area contributed by atoms with E-state index < -0.39 is 0 Å². The number of H-pyrrole nitrogens is 1. The highest BCUT2D eigenvalue weighted by Crippen LogP contribution is 2.30. The van der Waals surface area contributed by atoms with Crippen LogP contribution in [0.1, 0.15) is 16.8 Å². The van der Waals surface area contributed by atoms with Gasteiger partial charge in [0.15, 0.2) is 0 Å². The highest BCUT2D eigenvalue weighted by Gasteiger charge is 2.27. The van der Waals surface area contributed by atoms with Gasteiger partial charge in [-0.2, -0.15) is 5.10 Å². The van der Waals surface area contributed by atoms with E-state index in [-0.39, 0.29) is 18.0 Å². The van der Waals surface area contributed by atoms with Crippen LogP contribution in [-0.4, -0.2) is 41.8 Å². The molecule has 1 saturated heterocycles. The fraction of sp³-hybridized carbons (Fsp3) is 0.211. The molecule has 1 aromatic carbocycles. The van der Waals surface area contributed by atoms with Crippen LogP contribution in [0.15, 0.2) is 54.0 Å². The van der Waals surface area contributed by atoms with Crippen LogP contribution >= 0.6 is 0 Å². The number of urea groups is 1. The van der Waals surface area contributed by atoms with E-state index in [9.17, 15) is 9.59 Å². The van der Waals surface area contributed by atoms with Gasteiger partial charge in [0.1, 0.15) is 5.75 Å². The lowest BCUT2D eigenvalue weighted by molar-refractivity contribution is 0.0957. The summed E-state index contributed by atoms with van der Waals surface area (Å²) in [5.74, 6) is 0.410. The molecule has 1 fully saturated rings. The van der Waals surface area contributed by atoms with Crippen molar-refractivity contribution in [1.82, 2.24) is 26.1 Å². The lowest BCUT2D eigenvalue weighted by atomic mass is 10.0. The van der Waals surface area contributed by atoms with Gasteiger partial charge in [-0.05, 0) is 36.3 Å². The van der Waals surface area contributed by atoms with Crippen LogP contribution in [0, 0.1) is 0 Å². The summed E-state index contributed by atoms with van der Waals surface area (Å²) in [6, 6.07) is 5.13. The zero-order chi connectivity index (χ0) is 18.8. The van der Waals surface area contributed by atoms with E-state index >= 15 is 0 Å². The molecule has 8 heteroatoms. The van der Waals surface area contributed by atoms with Crippen LogP contribution in [0.5, 0.6) is 5.75 Å². The van der Waals surface area contributed by atoms with E-state index in [0.29, 0.717) is 24.3 Å². The van der Waals surface area contributed by atoms with E-state index in [4.69, 9.17) is 4.74 Å². The molecule has 1 aliphatic carbocycles. The molecule has 1 aromatic heterocycles. The number of ether oxygens (including phenoxy) is 1. The van der Waals surface area contributed by atoms with Gasteiger partial charge < -0.3 is 20.7 Å². The van der Waals surface area contributed by atoms with Crippen molar-refractivity contribution in [2.75, 3.05) is 13.7 Å². The molecule has 2 heterocycles. The van der Waals surface area contributed by atoms with Crippen molar-refractivity contribution < 1.29 is 14.3 Å². The Balaban J connectivity index is 1.44. The second kappa shape index (κ2) is 6.99. The Morgan fingerprint density at radius 3 is 3.07 bits per heavy atom. The molecule has 2 aliphatic rings. The lowest BCUT2D eigenvalue weighted by Crippen LogP contribution is -2.28. The van der Waals surface area contributed by atoms with E-state index in [1.165, 1.54) is 0 Å². The monoisotopic (exact) mass is 365 g/mol. The summed E-state index contributed by atoms with van der Waals surface area (Å²) < 4.78 is 5.42. The number of aromatic amines is 1. The second-order valence-corrected chi connectivity index (χ2v) is 6.35. The predicted molar refractivity (Wildman–Crippen MR) is 99.1 cm³/mol. The van der Waals surface area contributed by atoms with Crippen LogP contribution in [-0.2, 0) is 0 Å². The molecule has 1 aliphatic heterocycles. The Labute approximate surface area is 155 Å². The van der Waals surface area contributed by atoms with E-state index in [1.54, 1.807) is 31.6 Å². The van der Waals surface area contributed by atoms with Crippen molar-refractivity contribution in [2.24, 2.45) is 0 Å². The SMILES string of the molecule is COc1cc(C(=O)NCC2=CCC3NC(=O)NC3=C2)ccc1-c1cn[nH]c1. The second-order valence-electron chi connectivity index (χ2n) is 6.35. The first-order valence-electron chi connectivity index (χ1n) is 8.57. The smallest absolute Gasteiger partial charge is 0.319 e. The summed E-state index contributed by atoms with van der Waals surface area (Å²) >= 11 is 0. The zero-order valence-corrected chi connectivity index (χ0v) is 14.7. The molecule has 0 spiro atoms. The molecule has 138 valence electrons. The summed E-state index contributed by atoms with van der Waals surface area (Å²) in [4.78, 5) is 23.9. The van der Waals surface area contributed by atoms with Gasteiger partial charge in [0, 0.05) is 35.1 Å². The molecular formula is C19H19N5O3. The molecule has 0 radical (unpaired) electrons. The molecule has 1 unspecified atom stereocenters. The predicted octanol–water partition coefficient (Wildman–Crippen LogP) is 1.71. The molecule has 4 N–H and O–H groups in total. The first-order chi connectivity index (χ1) is 13.1. The highest BCUT2D eigenvalue weighted by molar-refractivity contribution is 5.95. The number of fused-ring (bicyclic) bond motifs is 1. The fourth-order valence-electron chi connectivity index (χ4n) is 3.22. The number of carbonyl (C=O) groups excluding carboxylic acids is 2. The molecular weight excluding hydrogens is 346 g/mol. The first kappa shape index (κ1) is 16.9. The Kier molecular flexibility index (Phi) is 4.37. The zero-order valence-electron chi connectivity index (χ0n) is 14.7. The number of amides is 3. The number of hydrogen-bond donors (Lipinski definition) is 4. The van der Waals surface area contributed by atoms with E-state index in [0.717, 1.165) is 22.4 Å². The van der Waals surface area contributed by atoms with Crippen molar-refractivity contribution in [3.63, 3.8) is 0 Å². The quantitative estimate of drug-likeness (QED) is 0.647. The van der Waals surface area contributed by atoms with Crippen LogP contribution in [0.25, 0.3) is 11.1 Å². The summed E-state index contributed by atoms with van der Waals surface area (Å²) in [7, 11) is 1.57. The number of nitrogens with zero attached hydrogens (tertiary/aromatic N) is 1. The van der Waals surface area contributed by atoms with Gasteiger partial charge in [0.2, 0.25) is 0 Å². The topological polar surface area (TPSA) is 108 Å². The number of methoxy groups -OCH3 is 1. The maximum Gasteiger partial charge on any atom is 0.319 e. The van der Waals surface area contributed by atoms with Gasteiger partial charge in [0.25, 0.3) is 5.91 Å². The third kappa shape index (κ3) is 3.41. The van der Waals surface area contributed by atoms with Gasteiger partial charge >= 0.3 is 6.03 Å². The number of nitrogens with one attached hydrogen (secondary N) is 4. The van der Waals surface area contributed by atoms with E-state index in [2.05, 4.69) is 26.1 Å². The summed E-state index contributed by atoms with van der Waals surface area (Å²) in [6.45, 7) is 0.386. The maximum atomic E-state index is 12.5. The van der Waals surface area contributed by atoms with Crippen molar-refractivity contribution in [2.45, 2.75) is 12.5 Å². The molecule has 1 atom stereocenters. The maximum absolute atomic E-state index is 12.5. The molecule has 27 heavy (non-hydrogen) atoms. The van der Waals surface area contributed by atoms with Gasteiger partial charge in [-0.25, -0.2) is 4.79 Å². The molecule has 0 bridgehead atoms. The van der Waals surface area contributed by atoms with E-state index in [1.807, 2.05) is 18.2 Å². The third-order valence-corrected chi connectivity index (χ3v) is 4.62. The van der Waals surface area contributed by atoms with Crippen LogP contribution in [0.3, 0.4) is 0 Å². The van der Waals surface area contributed by atoms with Crippen LogP contribution < -0.4 is 20.7 Å². The van der Waals surface area contributed by atoms with Crippen molar-refractivity contribution in [1.29, 1.82) is 0 Å². The van der Waals surface area contributed by atoms with Crippen LogP contribution in [0.2, 0.25) is 0 Å². The average molecular weight is 365 g/mol. The largest absolute Gasteiger partial charge is 0.496 e. The van der Waals surface area contributed by atoms with Gasteiger partial charge in [-0.15, -0.1) is 0 Å². The minimum atomic E-state index is -0.193. The standard InChI is InChI=1S/C19H19N5O3/c1-27-17-7-12(3-4-14(17)13-9-21-22-10-13)18(25)20-8-11-2-5-15-16(6-11)24-19(26)23-15/h2-4,6-7,9-10,15H,5,8H2,1H3,(H,20,25)(H,21,22)(H2,23,24,26). The third-order valence-electron chi connectivity index (χ3n) is 4.62. The molecule has 3 amide bonds. The van der Waals surface area contributed by atoms with Crippen molar-refractivity contribution >= 4 is 11.9 Å². The number of hydrogen-bond acceptors (Lipinski definition) is 4. The Morgan fingerprint density at radius 2 is 2.30 bits per heavy atom. The molecule has 2 aromatic rings. The van der Waals surface area contributed by atoms with Crippen molar-refractivity contribution in [3.8, 4) is 16.9 Å². The Bertz CT molecular complexity index is 946. The molecule has 8 nitrogen and oxygen atoms in total. The van der Waals surface area contributed by atoms with Crippen molar-refractivity contribution in [3.05, 3.63) is 59.6 Å². The number of carbonyl (C=O) groups is 2. The normalized spacial score (nSPS) is 18.0.